The van der Waals surface area contributed by atoms with Gasteiger partial charge in [-0.25, -0.2) is 0 Å². The van der Waals surface area contributed by atoms with Crippen LogP contribution in [0.2, 0.25) is 0 Å². The van der Waals surface area contributed by atoms with Crippen molar-refractivity contribution in [2.45, 2.75) is 32.1 Å². The maximum atomic E-state index is 5.69. The molecule has 3 N–H and O–H groups in total. The number of aromatic nitrogens is 1. The largest absolute Gasteiger partial charge is 0.490 e. The third-order valence-corrected chi connectivity index (χ3v) is 3.95. The lowest BCUT2D eigenvalue weighted by atomic mass is 9.89. The summed E-state index contributed by atoms with van der Waals surface area (Å²) in [6.07, 6.45) is 6.81. The molecule has 1 fully saturated rings. The number of nitrogens with zero attached hydrogens (tertiary/aromatic N) is 1. The summed E-state index contributed by atoms with van der Waals surface area (Å²) < 4.78 is 9.30. The summed E-state index contributed by atoms with van der Waals surface area (Å²) in [5.74, 6) is 1.97. The predicted molar refractivity (Wildman–Crippen MR) is 68.1 cm³/mol. The zero-order chi connectivity index (χ0) is 11.4. The van der Waals surface area contributed by atoms with E-state index in [4.69, 9.17) is 10.5 Å². The molecule has 1 saturated carbocycles. The van der Waals surface area contributed by atoms with Gasteiger partial charge < -0.3 is 15.8 Å². The number of rotatable bonds is 4. The Bertz CT molecular complexity index is 334. The molecular weight excluding hydrogens is 222 g/mol. The Morgan fingerprint density at radius 2 is 2.19 bits per heavy atom. The van der Waals surface area contributed by atoms with Crippen LogP contribution in [-0.4, -0.2) is 18.0 Å². The molecule has 0 aromatic carbocycles. The van der Waals surface area contributed by atoms with Gasteiger partial charge in [0.05, 0.1) is 7.11 Å². The Morgan fingerprint density at radius 3 is 2.88 bits per heavy atom. The molecule has 0 amide bonds. The van der Waals surface area contributed by atoms with Crippen LogP contribution in [0.3, 0.4) is 0 Å². The van der Waals surface area contributed by atoms with Crippen molar-refractivity contribution in [2.24, 2.45) is 5.92 Å². The highest BCUT2D eigenvalue weighted by molar-refractivity contribution is 7.11. The van der Waals surface area contributed by atoms with E-state index >= 15 is 0 Å². The summed E-state index contributed by atoms with van der Waals surface area (Å²) in [6.45, 7) is 1.01. The van der Waals surface area contributed by atoms with Gasteiger partial charge in [-0.05, 0) is 30.3 Å². The molecule has 0 aliphatic heterocycles. The van der Waals surface area contributed by atoms with Crippen molar-refractivity contribution in [1.82, 2.24) is 4.37 Å². The van der Waals surface area contributed by atoms with Gasteiger partial charge in [0.25, 0.3) is 0 Å². The van der Waals surface area contributed by atoms with Crippen molar-refractivity contribution in [3.8, 4) is 5.75 Å². The summed E-state index contributed by atoms with van der Waals surface area (Å²) in [5.41, 5.74) is 5.69. The third kappa shape index (κ3) is 2.58. The molecule has 1 aromatic heterocycles. The van der Waals surface area contributed by atoms with E-state index in [0.29, 0.717) is 11.6 Å². The minimum absolute atomic E-state index is 0.485. The summed E-state index contributed by atoms with van der Waals surface area (Å²) in [4.78, 5) is 0. The fourth-order valence-electron chi connectivity index (χ4n) is 2.23. The standard InChI is InChI=1S/C11H19N3OS/c1-15-9-10(12)14-16-11(9)13-7-8-5-3-2-4-6-8/h8,13H,2-7H2,1H3,(H2,12,14). The number of anilines is 2. The Balaban J connectivity index is 1.88. The fourth-order valence-corrected chi connectivity index (χ4v) is 2.92. The first-order chi connectivity index (χ1) is 7.81. The second-order valence-corrected chi connectivity index (χ2v) is 5.09. The quantitative estimate of drug-likeness (QED) is 0.851. The van der Waals surface area contributed by atoms with Crippen LogP contribution in [0, 0.1) is 5.92 Å². The first kappa shape index (κ1) is 11.5. The van der Waals surface area contributed by atoms with E-state index in [-0.39, 0.29) is 0 Å². The van der Waals surface area contributed by atoms with Crippen LogP contribution >= 0.6 is 11.5 Å². The molecule has 4 nitrogen and oxygen atoms in total. The van der Waals surface area contributed by atoms with E-state index in [2.05, 4.69) is 9.69 Å². The second-order valence-electron chi connectivity index (χ2n) is 4.32. The molecule has 1 heterocycles. The molecular formula is C11H19N3OS. The molecule has 0 spiro atoms. The molecule has 16 heavy (non-hydrogen) atoms. The van der Waals surface area contributed by atoms with Crippen molar-refractivity contribution >= 4 is 22.4 Å². The van der Waals surface area contributed by atoms with Crippen molar-refractivity contribution in [2.75, 3.05) is 24.7 Å². The molecule has 1 aliphatic rings. The van der Waals surface area contributed by atoms with E-state index in [1.165, 1.54) is 43.6 Å². The van der Waals surface area contributed by atoms with Crippen molar-refractivity contribution in [3.05, 3.63) is 0 Å². The Hall–Kier alpha value is -0.970. The third-order valence-electron chi connectivity index (χ3n) is 3.15. The summed E-state index contributed by atoms with van der Waals surface area (Å²) in [5, 5.41) is 4.37. The lowest BCUT2D eigenvalue weighted by Gasteiger charge is -2.21. The zero-order valence-corrected chi connectivity index (χ0v) is 10.5. The smallest absolute Gasteiger partial charge is 0.197 e. The number of nitrogens with one attached hydrogen (secondary N) is 1. The van der Waals surface area contributed by atoms with Gasteiger partial charge in [0.2, 0.25) is 0 Å². The van der Waals surface area contributed by atoms with E-state index < -0.39 is 0 Å². The van der Waals surface area contributed by atoms with Gasteiger partial charge >= 0.3 is 0 Å². The predicted octanol–water partition coefficient (Wildman–Crippen LogP) is 2.73. The Kier molecular flexibility index (Phi) is 3.88. The van der Waals surface area contributed by atoms with Gasteiger partial charge in [-0.1, -0.05) is 19.3 Å². The minimum Gasteiger partial charge on any atom is -0.490 e. The topological polar surface area (TPSA) is 60.2 Å². The SMILES string of the molecule is COc1c(N)nsc1NCC1CCCCC1. The average molecular weight is 241 g/mol. The van der Waals surface area contributed by atoms with Crippen LogP contribution in [0.1, 0.15) is 32.1 Å². The number of nitrogen functional groups attached to an aromatic ring is 1. The average Bonchev–Trinajstić information content (AvgIpc) is 2.68. The van der Waals surface area contributed by atoms with Crippen LogP contribution in [-0.2, 0) is 0 Å². The summed E-state index contributed by atoms with van der Waals surface area (Å²) in [6, 6.07) is 0. The van der Waals surface area contributed by atoms with Crippen LogP contribution in [0.5, 0.6) is 5.75 Å². The van der Waals surface area contributed by atoms with E-state index in [0.717, 1.165) is 17.5 Å². The van der Waals surface area contributed by atoms with E-state index in [9.17, 15) is 0 Å². The first-order valence-corrected chi connectivity index (χ1v) is 6.61. The lowest BCUT2D eigenvalue weighted by Crippen LogP contribution is -2.16. The summed E-state index contributed by atoms with van der Waals surface area (Å²) in [7, 11) is 1.63. The van der Waals surface area contributed by atoms with Crippen LogP contribution < -0.4 is 15.8 Å². The number of hydrogen-bond acceptors (Lipinski definition) is 5. The maximum Gasteiger partial charge on any atom is 0.197 e. The molecule has 0 atom stereocenters. The number of ether oxygens (including phenoxy) is 1. The minimum atomic E-state index is 0.485. The molecule has 0 saturated heterocycles. The van der Waals surface area contributed by atoms with Crippen molar-refractivity contribution in [3.63, 3.8) is 0 Å². The molecule has 1 aliphatic carbocycles. The second kappa shape index (κ2) is 5.39. The zero-order valence-electron chi connectivity index (χ0n) is 9.66. The van der Waals surface area contributed by atoms with Gasteiger partial charge in [-0.15, -0.1) is 0 Å². The fraction of sp³-hybridized carbons (Fsp3) is 0.727. The van der Waals surface area contributed by atoms with Gasteiger partial charge in [-0.3, -0.25) is 0 Å². The highest BCUT2D eigenvalue weighted by Gasteiger charge is 2.16. The Morgan fingerprint density at radius 1 is 1.44 bits per heavy atom. The van der Waals surface area contributed by atoms with Gasteiger partial charge in [0.1, 0.15) is 0 Å². The van der Waals surface area contributed by atoms with E-state index in [1.807, 2.05) is 0 Å². The van der Waals surface area contributed by atoms with Gasteiger partial charge in [-0.2, -0.15) is 4.37 Å². The summed E-state index contributed by atoms with van der Waals surface area (Å²) >= 11 is 1.38. The molecule has 0 unspecified atom stereocenters. The highest BCUT2D eigenvalue weighted by atomic mass is 32.1. The number of methoxy groups -OCH3 is 1. The lowest BCUT2D eigenvalue weighted by molar-refractivity contribution is 0.372. The maximum absolute atomic E-state index is 5.69. The van der Waals surface area contributed by atoms with Gasteiger partial charge in [0, 0.05) is 6.54 Å². The number of nitrogens with two attached hydrogens (primary N) is 1. The molecule has 0 bridgehead atoms. The van der Waals surface area contributed by atoms with Crippen LogP contribution in [0.25, 0.3) is 0 Å². The molecule has 90 valence electrons. The molecule has 5 heteroatoms. The van der Waals surface area contributed by atoms with Crippen molar-refractivity contribution < 1.29 is 4.74 Å². The normalized spacial score (nSPS) is 17.3. The monoisotopic (exact) mass is 241 g/mol. The first-order valence-electron chi connectivity index (χ1n) is 5.84. The highest BCUT2D eigenvalue weighted by Crippen LogP contribution is 2.35. The number of hydrogen-bond donors (Lipinski definition) is 2. The molecule has 2 rings (SSSR count). The Labute approximate surface area is 100 Å². The molecule has 1 aromatic rings. The van der Waals surface area contributed by atoms with Crippen molar-refractivity contribution in [1.29, 1.82) is 0 Å². The molecule has 0 radical (unpaired) electrons. The van der Waals surface area contributed by atoms with Gasteiger partial charge in [0.15, 0.2) is 16.6 Å². The van der Waals surface area contributed by atoms with Crippen LogP contribution in [0.15, 0.2) is 0 Å². The van der Waals surface area contributed by atoms with E-state index in [1.54, 1.807) is 7.11 Å². The van der Waals surface area contributed by atoms with Crippen LogP contribution in [0.4, 0.5) is 10.8 Å².